The number of esters is 1. The first-order valence-corrected chi connectivity index (χ1v) is 4.94. The quantitative estimate of drug-likeness (QED) is 0.525. The van der Waals surface area contributed by atoms with Gasteiger partial charge in [-0.15, -0.1) is 0 Å². The highest BCUT2D eigenvalue weighted by molar-refractivity contribution is 5.76. The third-order valence-corrected chi connectivity index (χ3v) is 2.40. The Labute approximate surface area is 88.9 Å². The van der Waals surface area contributed by atoms with Crippen molar-refractivity contribution in [3.05, 3.63) is 24.3 Å². The first kappa shape index (κ1) is 11.9. The number of aliphatic hydroxyl groups is 2. The van der Waals surface area contributed by atoms with Gasteiger partial charge in [0.15, 0.2) is 0 Å². The molecule has 84 valence electrons. The summed E-state index contributed by atoms with van der Waals surface area (Å²) >= 11 is 0. The minimum Gasteiger partial charge on any atom is -0.460 e. The zero-order chi connectivity index (χ0) is 11.4. The maximum Gasteiger partial charge on any atom is 0.315 e. The van der Waals surface area contributed by atoms with Crippen molar-refractivity contribution in [2.45, 2.75) is 32.2 Å². The van der Waals surface area contributed by atoms with Crippen LogP contribution in [0.3, 0.4) is 0 Å². The number of rotatable bonds is 3. The number of aliphatic hydroxyl groups excluding tert-OH is 2. The Morgan fingerprint density at radius 3 is 2.60 bits per heavy atom. The van der Waals surface area contributed by atoms with Gasteiger partial charge in [-0.1, -0.05) is 24.3 Å². The predicted molar refractivity (Wildman–Crippen MR) is 55.0 cm³/mol. The second kappa shape index (κ2) is 5.09. The van der Waals surface area contributed by atoms with E-state index < -0.39 is 30.2 Å². The largest absolute Gasteiger partial charge is 0.460 e. The monoisotopic (exact) mass is 212 g/mol. The van der Waals surface area contributed by atoms with E-state index in [0.29, 0.717) is 0 Å². The van der Waals surface area contributed by atoms with Gasteiger partial charge in [-0.2, -0.15) is 0 Å². The van der Waals surface area contributed by atoms with Gasteiger partial charge in [-0.3, -0.25) is 4.79 Å². The maximum absolute atomic E-state index is 11.3. The Hall–Kier alpha value is -1.13. The highest BCUT2D eigenvalue weighted by Gasteiger charge is 2.44. The van der Waals surface area contributed by atoms with E-state index in [1.807, 2.05) is 6.92 Å². The fourth-order valence-electron chi connectivity index (χ4n) is 1.51. The van der Waals surface area contributed by atoms with Gasteiger partial charge in [0.2, 0.25) is 0 Å². The van der Waals surface area contributed by atoms with Crippen LogP contribution in [0.15, 0.2) is 24.3 Å². The Kier molecular flexibility index (Phi) is 4.05. The van der Waals surface area contributed by atoms with Crippen LogP contribution >= 0.6 is 0 Å². The summed E-state index contributed by atoms with van der Waals surface area (Å²) in [5.74, 6) is -1.42. The van der Waals surface area contributed by atoms with Crippen molar-refractivity contribution in [1.82, 2.24) is 0 Å². The third-order valence-electron chi connectivity index (χ3n) is 2.40. The molecule has 0 bridgehead atoms. The Bertz CT molecular complexity index is 282. The van der Waals surface area contributed by atoms with Crippen LogP contribution in [0.5, 0.6) is 0 Å². The fraction of sp³-hybridized carbons (Fsp3) is 0.545. The molecule has 1 aliphatic rings. The second-order valence-electron chi connectivity index (χ2n) is 3.56. The molecule has 0 saturated carbocycles. The molecule has 1 aliphatic heterocycles. The number of carbonyl (C=O) groups is 1. The van der Waals surface area contributed by atoms with Crippen LogP contribution in [0.1, 0.15) is 13.8 Å². The minimum atomic E-state index is -1.01. The average Bonchev–Trinajstić information content (AvgIpc) is 2.41. The third kappa shape index (κ3) is 2.67. The lowest BCUT2D eigenvalue weighted by Gasteiger charge is -2.14. The lowest BCUT2D eigenvalue weighted by Crippen LogP contribution is -2.33. The van der Waals surface area contributed by atoms with E-state index in [-0.39, 0.29) is 0 Å². The van der Waals surface area contributed by atoms with Crippen LogP contribution in [0.2, 0.25) is 0 Å². The smallest absolute Gasteiger partial charge is 0.315 e. The molecular formula is C11H16O4. The summed E-state index contributed by atoms with van der Waals surface area (Å²) in [7, 11) is 0. The average molecular weight is 212 g/mol. The Balaban J connectivity index is 2.66. The van der Waals surface area contributed by atoms with E-state index in [2.05, 4.69) is 0 Å². The number of allylic oxidation sites excluding steroid dienone is 3. The van der Waals surface area contributed by atoms with Gasteiger partial charge in [-0.25, -0.2) is 0 Å². The van der Waals surface area contributed by atoms with E-state index in [4.69, 9.17) is 4.74 Å². The predicted octanol–water partition coefficient (Wildman–Crippen LogP) is 0.402. The Morgan fingerprint density at radius 1 is 1.47 bits per heavy atom. The molecule has 0 unspecified atom stereocenters. The van der Waals surface area contributed by atoms with Crippen molar-refractivity contribution in [2.75, 3.05) is 0 Å². The van der Waals surface area contributed by atoms with Crippen LogP contribution in [0, 0.1) is 5.92 Å². The molecule has 1 saturated heterocycles. The highest BCUT2D eigenvalue weighted by Crippen LogP contribution is 2.25. The first-order chi connectivity index (χ1) is 7.07. The van der Waals surface area contributed by atoms with Crippen LogP contribution in [-0.4, -0.2) is 34.5 Å². The van der Waals surface area contributed by atoms with E-state index in [0.717, 1.165) is 0 Å². The SMILES string of the molecule is C/C=C/C=C/[C@H](O)[C@H]1C(=O)O[C@@H](C)[C@@H]1O. The molecule has 2 N–H and O–H groups in total. The first-order valence-electron chi connectivity index (χ1n) is 4.94. The maximum atomic E-state index is 11.3. The molecule has 4 heteroatoms. The number of hydrogen-bond acceptors (Lipinski definition) is 4. The molecule has 0 radical (unpaired) electrons. The molecule has 0 amide bonds. The number of hydrogen-bond donors (Lipinski definition) is 2. The summed E-state index contributed by atoms with van der Waals surface area (Å²) in [6.07, 6.45) is 4.14. The molecule has 0 aromatic heterocycles. The summed E-state index contributed by atoms with van der Waals surface area (Å²) in [5.41, 5.74) is 0. The number of ether oxygens (including phenoxy) is 1. The van der Waals surface area contributed by atoms with Gasteiger partial charge in [0.25, 0.3) is 0 Å². The summed E-state index contributed by atoms with van der Waals surface area (Å²) < 4.78 is 4.81. The normalized spacial score (nSPS) is 33.9. The van der Waals surface area contributed by atoms with Gasteiger partial charge in [0.1, 0.15) is 18.1 Å². The molecule has 15 heavy (non-hydrogen) atoms. The number of carbonyl (C=O) groups excluding carboxylic acids is 1. The van der Waals surface area contributed by atoms with E-state index in [9.17, 15) is 15.0 Å². The van der Waals surface area contributed by atoms with E-state index >= 15 is 0 Å². The highest BCUT2D eigenvalue weighted by atomic mass is 16.6. The van der Waals surface area contributed by atoms with Crippen LogP contribution in [-0.2, 0) is 9.53 Å². The molecule has 1 rings (SSSR count). The molecule has 0 aromatic carbocycles. The van der Waals surface area contributed by atoms with Crippen molar-refractivity contribution in [3.8, 4) is 0 Å². The summed E-state index contributed by atoms with van der Waals surface area (Å²) in [6, 6.07) is 0. The molecule has 1 heterocycles. The molecular weight excluding hydrogens is 196 g/mol. The molecule has 4 nitrogen and oxygen atoms in total. The topological polar surface area (TPSA) is 66.8 Å². The van der Waals surface area contributed by atoms with Gasteiger partial charge in [0.05, 0.1) is 6.10 Å². The summed E-state index contributed by atoms with van der Waals surface area (Å²) in [6.45, 7) is 3.45. The van der Waals surface area contributed by atoms with Crippen molar-refractivity contribution < 1.29 is 19.7 Å². The zero-order valence-corrected chi connectivity index (χ0v) is 8.83. The number of cyclic esters (lactones) is 1. The standard InChI is InChI=1S/C11H16O4/c1-3-4-5-6-8(12)9-10(13)7(2)15-11(9)14/h3-10,12-13H,1-2H3/b4-3+,6-5+/t7-,8-,9+,10-/m0/s1. The minimum absolute atomic E-state index is 0.548. The zero-order valence-electron chi connectivity index (χ0n) is 8.83. The molecule has 0 aromatic rings. The summed E-state index contributed by atoms with van der Waals surface area (Å²) in [5, 5.41) is 19.2. The van der Waals surface area contributed by atoms with Crippen LogP contribution in [0.25, 0.3) is 0 Å². The van der Waals surface area contributed by atoms with Crippen molar-refractivity contribution in [2.24, 2.45) is 5.92 Å². The van der Waals surface area contributed by atoms with Crippen molar-refractivity contribution in [3.63, 3.8) is 0 Å². The second-order valence-corrected chi connectivity index (χ2v) is 3.56. The molecule has 1 fully saturated rings. The van der Waals surface area contributed by atoms with Gasteiger partial charge < -0.3 is 14.9 Å². The summed E-state index contributed by atoms with van der Waals surface area (Å²) in [4.78, 5) is 11.3. The molecule has 0 aliphatic carbocycles. The van der Waals surface area contributed by atoms with E-state index in [1.165, 1.54) is 6.08 Å². The van der Waals surface area contributed by atoms with Crippen molar-refractivity contribution >= 4 is 5.97 Å². The van der Waals surface area contributed by atoms with Crippen LogP contribution in [0.4, 0.5) is 0 Å². The lowest BCUT2D eigenvalue weighted by atomic mass is 9.95. The van der Waals surface area contributed by atoms with Crippen molar-refractivity contribution in [1.29, 1.82) is 0 Å². The van der Waals surface area contributed by atoms with Gasteiger partial charge in [-0.05, 0) is 13.8 Å². The van der Waals surface area contributed by atoms with Gasteiger partial charge >= 0.3 is 5.97 Å². The fourth-order valence-corrected chi connectivity index (χ4v) is 1.51. The van der Waals surface area contributed by atoms with Gasteiger partial charge in [0, 0.05) is 0 Å². The Morgan fingerprint density at radius 2 is 2.13 bits per heavy atom. The molecule has 0 spiro atoms. The molecule has 4 atom stereocenters. The lowest BCUT2D eigenvalue weighted by molar-refractivity contribution is -0.145. The van der Waals surface area contributed by atoms with E-state index in [1.54, 1.807) is 25.2 Å². The van der Waals surface area contributed by atoms with Crippen LogP contribution < -0.4 is 0 Å².